The quantitative estimate of drug-likeness (QED) is 0.400. The Hall–Kier alpha value is 0.350. The third-order valence-electron chi connectivity index (χ3n) is 9.29. The van der Waals surface area contributed by atoms with E-state index >= 15 is 0 Å². The molecule has 0 aromatic heterocycles. The summed E-state index contributed by atoms with van der Waals surface area (Å²) in [5.41, 5.74) is 0. The standard InChI is InChI=1S/C26H46S/c1-3-5-10-19(4-2)17-21-18-26(24-14-9-8-12-22(21)24)27-25-16-15-20-11-6-7-13-23(20)25/h19-26H,3-18H2,1-2H3. The Morgan fingerprint density at radius 1 is 0.778 bits per heavy atom. The molecule has 0 saturated heterocycles. The van der Waals surface area contributed by atoms with Crippen molar-refractivity contribution in [3.05, 3.63) is 0 Å². The number of fused-ring (bicyclic) bond motifs is 2. The van der Waals surface area contributed by atoms with Crippen molar-refractivity contribution in [2.75, 3.05) is 0 Å². The minimum Gasteiger partial charge on any atom is -0.155 e. The highest BCUT2D eigenvalue weighted by Crippen LogP contribution is 2.56. The molecule has 0 aromatic carbocycles. The molecule has 0 N–H and O–H groups in total. The average Bonchev–Trinajstić information content (AvgIpc) is 3.27. The zero-order valence-electron chi connectivity index (χ0n) is 18.3. The lowest BCUT2D eigenvalue weighted by Gasteiger charge is -2.34. The molecule has 4 saturated carbocycles. The van der Waals surface area contributed by atoms with Gasteiger partial charge in [-0.15, -0.1) is 0 Å². The minimum absolute atomic E-state index is 1.02. The molecule has 27 heavy (non-hydrogen) atoms. The molecule has 4 rings (SSSR count). The summed E-state index contributed by atoms with van der Waals surface area (Å²) >= 11 is 2.54. The van der Waals surface area contributed by atoms with E-state index in [2.05, 4.69) is 25.6 Å². The molecule has 0 aromatic rings. The molecule has 0 aliphatic heterocycles. The minimum atomic E-state index is 1.02. The highest BCUT2D eigenvalue weighted by atomic mass is 32.2. The second-order valence-electron chi connectivity index (χ2n) is 10.8. The Balaban J connectivity index is 1.38. The van der Waals surface area contributed by atoms with Crippen LogP contribution in [0.25, 0.3) is 0 Å². The van der Waals surface area contributed by atoms with Crippen molar-refractivity contribution in [2.45, 2.75) is 127 Å². The van der Waals surface area contributed by atoms with Gasteiger partial charge in [-0.2, -0.15) is 11.8 Å². The summed E-state index contributed by atoms with van der Waals surface area (Å²) in [5.74, 6) is 6.54. The van der Waals surface area contributed by atoms with Crippen LogP contribution in [0.2, 0.25) is 0 Å². The van der Waals surface area contributed by atoms with Gasteiger partial charge in [-0.3, -0.25) is 0 Å². The van der Waals surface area contributed by atoms with E-state index in [-0.39, 0.29) is 0 Å². The van der Waals surface area contributed by atoms with Crippen LogP contribution in [0.15, 0.2) is 0 Å². The third kappa shape index (κ3) is 4.75. The van der Waals surface area contributed by atoms with Gasteiger partial charge in [0.25, 0.3) is 0 Å². The first-order valence-electron chi connectivity index (χ1n) is 13.0. The fourth-order valence-electron chi connectivity index (χ4n) is 7.79. The molecule has 0 heterocycles. The van der Waals surface area contributed by atoms with E-state index in [4.69, 9.17) is 0 Å². The number of hydrogen-bond acceptors (Lipinski definition) is 1. The summed E-state index contributed by atoms with van der Waals surface area (Å²) in [7, 11) is 0. The summed E-state index contributed by atoms with van der Waals surface area (Å²) in [6, 6.07) is 0. The molecule has 4 fully saturated rings. The molecule has 0 bridgehead atoms. The summed E-state index contributed by atoms with van der Waals surface area (Å²) in [5, 5.41) is 2.08. The highest BCUT2D eigenvalue weighted by molar-refractivity contribution is 8.00. The molecular weight excluding hydrogens is 344 g/mol. The van der Waals surface area contributed by atoms with Crippen molar-refractivity contribution in [3.8, 4) is 0 Å². The number of unbranched alkanes of at least 4 members (excludes halogenated alkanes) is 1. The Morgan fingerprint density at radius 2 is 1.52 bits per heavy atom. The molecule has 8 unspecified atom stereocenters. The molecule has 0 spiro atoms. The van der Waals surface area contributed by atoms with Crippen molar-refractivity contribution < 1.29 is 0 Å². The molecule has 4 aliphatic rings. The van der Waals surface area contributed by atoms with Gasteiger partial charge in [0.1, 0.15) is 0 Å². The third-order valence-corrected chi connectivity index (χ3v) is 11.1. The SMILES string of the molecule is CCCCC(CC)CC1CC(SC2CCC3CCCCC32)C2CCCCC12. The van der Waals surface area contributed by atoms with Gasteiger partial charge in [0.05, 0.1) is 0 Å². The van der Waals surface area contributed by atoms with E-state index in [9.17, 15) is 0 Å². The van der Waals surface area contributed by atoms with Gasteiger partial charge in [-0.1, -0.05) is 71.6 Å². The number of rotatable bonds is 8. The molecule has 0 radical (unpaired) electrons. The predicted octanol–water partition coefficient (Wildman–Crippen LogP) is 8.49. The van der Waals surface area contributed by atoms with Crippen LogP contribution in [0.3, 0.4) is 0 Å². The van der Waals surface area contributed by atoms with E-state index in [1.807, 2.05) is 0 Å². The van der Waals surface area contributed by atoms with Crippen molar-refractivity contribution in [3.63, 3.8) is 0 Å². The monoisotopic (exact) mass is 390 g/mol. The molecule has 0 nitrogen and oxygen atoms in total. The molecule has 4 aliphatic carbocycles. The second kappa shape index (κ2) is 9.90. The summed E-state index contributed by atoms with van der Waals surface area (Å²) in [4.78, 5) is 0. The van der Waals surface area contributed by atoms with Crippen LogP contribution in [-0.4, -0.2) is 10.5 Å². The van der Waals surface area contributed by atoms with Crippen LogP contribution < -0.4 is 0 Å². The fraction of sp³-hybridized carbons (Fsp3) is 1.00. The lowest BCUT2D eigenvalue weighted by Crippen LogP contribution is -2.26. The Labute approximate surface area is 174 Å². The summed E-state index contributed by atoms with van der Waals surface area (Å²) in [6.45, 7) is 4.83. The fourth-order valence-corrected chi connectivity index (χ4v) is 9.97. The van der Waals surface area contributed by atoms with Crippen molar-refractivity contribution in [2.24, 2.45) is 35.5 Å². The summed E-state index contributed by atoms with van der Waals surface area (Å²) in [6.07, 6.45) is 24.5. The van der Waals surface area contributed by atoms with E-state index in [1.165, 1.54) is 51.4 Å². The topological polar surface area (TPSA) is 0 Å². The van der Waals surface area contributed by atoms with Crippen molar-refractivity contribution >= 4 is 11.8 Å². The molecule has 0 amide bonds. The Bertz CT molecular complexity index is 445. The first-order chi connectivity index (χ1) is 13.3. The van der Waals surface area contributed by atoms with Gasteiger partial charge < -0.3 is 0 Å². The number of hydrogen-bond donors (Lipinski definition) is 0. The molecule has 156 valence electrons. The van der Waals surface area contributed by atoms with E-state index in [0.29, 0.717) is 0 Å². The van der Waals surface area contributed by atoms with Crippen LogP contribution in [0.1, 0.15) is 117 Å². The largest absolute Gasteiger partial charge is 0.155 e. The number of thioether (sulfide) groups is 1. The van der Waals surface area contributed by atoms with Gasteiger partial charge >= 0.3 is 0 Å². The normalized spacial score (nSPS) is 42.7. The van der Waals surface area contributed by atoms with Crippen LogP contribution >= 0.6 is 11.8 Å². The maximum Gasteiger partial charge on any atom is 0.00836 e. The van der Waals surface area contributed by atoms with Crippen molar-refractivity contribution in [1.29, 1.82) is 0 Å². The van der Waals surface area contributed by atoms with E-state index in [0.717, 1.165) is 46.0 Å². The Morgan fingerprint density at radius 3 is 2.30 bits per heavy atom. The first-order valence-corrected chi connectivity index (χ1v) is 13.9. The zero-order chi connectivity index (χ0) is 18.6. The smallest absolute Gasteiger partial charge is 0.00836 e. The molecule has 8 atom stereocenters. The zero-order valence-corrected chi connectivity index (χ0v) is 19.2. The van der Waals surface area contributed by atoms with Crippen LogP contribution in [0.4, 0.5) is 0 Å². The predicted molar refractivity (Wildman–Crippen MR) is 121 cm³/mol. The van der Waals surface area contributed by atoms with Gasteiger partial charge in [0, 0.05) is 10.5 Å². The van der Waals surface area contributed by atoms with E-state index in [1.54, 1.807) is 51.4 Å². The average molecular weight is 391 g/mol. The lowest BCUT2D eigenvalue weighted by atomic mass is 9.75. The molecular formula is C26H46S. The summed E-state index contributed by atoms with van der Waals surface area (Å²) < 4.78 is 0. The van der Waals surface area contributed by atoms with Gasteiger partial charge in [0.15, 0.2) is 0 Å². The van der Waals surface area contributed by atoms with Crippen LogP contribution in [0.5, 0.6) is 0 Å². The van der Waals surface area contributed by atoms with E-state index < -0.39 is 0 Å². The maximum atomic E-state index is 2.54. The second-order valence-corrected chi connectivity index (χ2v) is 12.2. The highest BCUT2D eigenvalue weighted by Gasteiger charge is 2.47. The van der Waals surface area contributed by atoms with Crippen LogP contribution in [-0.2, 0) is 0 Å². The van der Waals surface area contributed by atoms with Gasteiger partial charge in [-0.25, -0.2) is 0 Å². The Kier molecular flexibility index (Phi) is 7.56. The molecule has 1 heteroatoms. The lowest BCUT2D eigenvalue weighted by molar-refractivity contribution is 0.199. The van der Waals surface area contributed by atoms with Gasteiger partial charge in [-0.05, 0) is 80.5 Å². The van der Waals surface area contributed by atoms with Gasteiger partial charge in [0.2, 0.25) is 0 Å². The first kappa shape index (κ1) is 20.6. The maximum absolute atomic E-state index is 2.54. The van der Waals surface area contributed by atoms with Crippen molar-refractivity contribution in [1.82, 2.24) is 0 Å². The van der Waals surface area contributed by atoms with Crippen LogP contribution in [0, 0.1) is 35.5 Å².